The predicted octanol–water partition coefficient (Wildman–Crippen LogP) is -0.741. The molecule has 0 aliphatic carbocycles. The normalized spacial score (nSPS) is 9.86. The third-order valence-electron chi connectivity index (χ3n) is 1.31. The van der Waals surface area contributed by atoms with Gasteiger partial charge in [-0.3, -0.25) is 9.59 Å². The monoisotopic (exact) mass is 201 g/mol. The first-order chi connectivity index (χ1) is 6.47. The summed E-state index contributed by atoms with van der Waals surface area (Å²) in [7, 11) is 2.50. The van der Waals surface area contributed by atoms with Crippen LogP contribution in [0.1, 0.15) is 0 Å². The van der Waals surface area contributed by atoms with Crippen LogP contribution in [0.5, 0.6) is 0 Å². The minimum Gasteiger partial charge on any atom is -0.480 e. The fourth-order valence-electron chi connectivity index (χ4n) is 0.615. The maximum atomic E-state index is 11.1. The van der Waals surface area contributed by atoms with E-state index < -0.39 is 24.4 Å². The standard InChI is InChI=1S/C8H11NO5/c1-9(5-7(11)12)6(10)3-4-8(13)14-2/h3-4H,5H2,1-2H3,(H,11,12)/b4-3+. The van der Waals surface area contributed by atoms with Gasteiger partial charge in [-0.1, -0.05) is 0 Å². The van der Waals surface area contributed by atoms with E-state index in [0.29, 0.717) is 0 Å². The lowest BCUT2D eigenvalue weighted by molar-refractivity contribution is -0.141. The third-order valence-corrected chi connectivity index (χ3v) is 1.31. The topological polar surface area (TPSA) is 83.9 Å². The molecule has 0 heterocycles. The molecule has 0 aromatic rings. The van der Waals surface area contributed by atoms with Crippen LogP contribution in [0.15, 0.2) is 12.2 Å². The molecule has 0 aromatic carbocycles. The van der Waals surface area contributed by atoms with Gasteiger partial charge in [-0.2, -0.15) is 0 Å². The van der Waals surface area contributed by atoms with Crippen molar-refractivity contribution in [3.05, 3.63) is 12.2 Å². The number of nitrogens with zero attached hydrogens (tertiary/aromatic N) is 1. The highest BCUT2D eigenvalue weighted by atomic mass is 16.5. The van der Waals surface area contributed by atoms with Crippen LogP contribution < -0.4 is 0 Å². The van der Waals surface area contributed by atoms with E-state index in [-0.39, 0.29) is 0 Å². The molecule has 6 heteroatoms. The van der Waals surface area contributed by atoms with Crippen molar-refractivity contribution < 1.29 is 24.2 Å². The van der Waals surface area contributed by atoms with Crippen molar-refractivity contribution in [1.82, 2.24) is 4.90 Å². The SMILES string of the molecule is COC(=O)/C=C/C(=O)N(C)CC(=O)O. The number of carbonyl (C=O) groups excluding carboxylic acids is 2. The Hall–Kier alpha value is -1.85. The van der Waals surface area contributed by atoms with E-state index in [2.05, 4.69) is 4.74 Å². The van der Waals surface area contributed by atoms with Crippen LogP contribution in [0.4, 0.5) is 0 Å². The summed E-state index contributed by atoms with van der Waals surface area (Å²) in [5.41, 5.74) is 0. The number of methoxy groups -OCH3 is 1. The molecular formula is C8H11NO5. The number of aliphatic carboxylic acids is 1. The van der Waals surface area contributed by atoms with E-state index in [1.807, 2.05) is 0 Å². The Kier molecular flexibility index (Phi) is 4.98. The van der Waals surface area contributed by atoms with Gasteiger partial charge in [0, 0.05) is 19.2 Å². The lowest BCUT2D eigenvalue weighted by Gasteiger charge is -2.10. The van der Waals surface area contributed by atoms with Gasteiger partial charge < -0.3 is 14.7 Å². The van der Waals surface area contributed by atoms with Gasteiger partial charge in [0.1, 0.15) is 6.54 Å². The minimum absolute atomic E-state index is 0.412. The van der Waals surface area contributed by atoms with Gasteiger partial charge in [-0.25, -0.2) is 4.79 Å². The van der Waals surface area contributed by atoms with Crippen LogP contribution in [0.2, 0.25) is 0 Å². The largest absolute Gasteiger partial charge is 0.480 e. The molecule has 0 radical (unpaired) electrons. The molecule has 1 amide bonds. The second kappa shape index (κ2) is 5.74. The quantitative estimate of drug-likeness (QED) is 0.478. The molecule has 0 saturated carbocycles. The number of hydrogen-bond donors (Lipinski definition) is 1. The Bertz CT molecular complexity index is 271. The summed E-state index contributed by atoms with van der Waals surface area (Å²) in [6.07, 6.45) is 1.88. The van der Waals surface area contributed by atoms with Crippen LogP contribution in [-0.4, -0.2) is 48.6 Å². The number of hydrogen-bond acceptors (Lipinski definition) is 4. The van der Waals surface area contributed by atoms with E-state index in [1.54, 1.807) is 0 Å². The molecule has 0 rings (SSSR count). The second-order valence-corrected chi connectivity index (χ2v) is 2.44. The van der Waals surface area contributed by atoms with E-state index >= 15 is 0 Å². The van der Waals surface area contributed by atoms with Crippen LogP contribution in [0, 0.1) is 0 Å². The van der Waals surface area contributed by atoms with Crippen molar-refractivity contribution in [3.8, 4) is 0 Å². The van der Waals surface area contributed by atoms with Crippen LogP contribution in [-0.2, 0) is 19.1 Å². The highest BCUT2D eigenvalue weighted by Gasteiger charge is 2.08. The number of esters is 1. The van der Waals surface area contributed by atoms with Gasteiger partial charge in [0.05, 0.1) is 7.11 Å². The van der Waals surface area contributed by atoms with Crippen molar-refractivity contribution in [1.29, 1.82) is 0 Å². The van der Waals surface area contributed by atoms with Gasteiger partial charge in [0.2, 0.25) is 5.91 Å². The Labute approximate surface area is 80.8 Å². The fraction of sp³-hybridized carbons (Fsp3) is 0.375. The van der Waals surface area contributed by atoms with Gasteiger partial charge in [0.15, 0.2) is 0 Å². The molecule has 0 aliphatic heterocycles. The van der Waals surface area contributed by atoms with Crippen molar-refractivity contribution in [2.45, 2.75) is 0 Å². The van der Waals surface area contributed by atoms with Crippen molar-refractivity contribution in [2.75, 3.05) is 20.7 Å². The molecule has 78 valence electrons. The Morgan fingerprint density at radius 1 is 1.36 bits per heavy atom. The number of amides is 1. The maximum absolute atomic E-state index is 11.1. The highest BCUT2D eigenvalue weighted by molar-refractivity contribution is 5.95. The summed E-state index contributed by atoms with van der Waals surface area (Å²) in [5, 5.41) is 8.35. The number of carboxylic acid groups (broad SMARTS) is 1. The van der Waals surface area contributed by atoms with Crippen molar-refractivity contribution in [2.24, 2.45) is 0 Å². The molecule has 14 heavy (non-hydrogen) atoms. The molecule has 0 spiro atoms. The van der Waals surface area contributed by atoms with Crippen LogP contribution in [0.3, 0.4) is 0 Å². The first-order valence-electron chi connectivity index (χ1n) is 3.70. The number of rotatable bonds is 4. The van der Waals surface area contributed by atoms with Gasteiger partial charge in [-0.15, -0.1) is 0 Å². The zero-order valence-corrected chi connectivity index (χ0v) is 7.89. The maximum Gasteiger partial charge on any atom is 0.330 e. The van der Waals surface area contributed by atoms with Crippen molar-refractivity contribution in [3.63, 3.8) is 0 Å². The predicted molar refractivity (Wildman–Crippen MR) is 46.4 cm³/mol. The number of likely N-dealkylation sites (N-methyl/N-ethyl adjacent to an activating group) is 1. The smallest absolute Gasteiger partial charge is 0.330 e. The number of carbonyl (C=O) groups is 3. The van der Waals surface area contributed by atoms with Crippen molar-refractivity contribution >= 4 is 17.8 Å². The molecule has 6 nitrogen and oxygen atoms in total. The third kappa shape index (κ3) is 4.91. The zero-order valence-electron chi connectivity index (χ0n) is 7.89. The summed E-state index contributed by atoms with van der Waals surface area (Å²) in [4.78, 5) is 32.8. The molecule has 0 unspecified atom stereocenters. The van der Waals surface area contributed by atoms with E-state index in [4.69, 9.17) is 5.11 Å². The summed E-state index contributed by atoms with van der Waals surface area (Å²) < 4.78 is 4.25. The molecule has 0 aromatic heterocycles. The Morgan fingerprint density at radius 2 is 1.93 bits per heavy atom. The fourth-order valence-corrected chi connectivity index (χ4v) is 0.615. The minimum atomic E-state index is -1.12. The number of carboxylic acids is 1. The molecule has 0 aliphatic rings. The molecular weight excluding hydrogens is 190 g/mol. The lowest BCUT2D eigenvalue weighted by atomic mass is 10.4. The van der Waals surface area contributed by atoms with E-state index in [9.17, 15) is 14.4 Å². The summed E-state index contributed by atoms with van der Waals surface area (Å²) in [5.74, 6) is -2.35. The van der Waals surface area contributed by atoms with E-state index in [0.717, 1.165) is 17.1 Å². The average Bonchev–Trinajstić information content (AvgIpc) is 2.12. The van der Waals surface area contributed by atoms with Crippen LogP contribution >= 0.6 is 0 Å². The van der Waals surface area contributed by atoms with Gasteiger partial charge >= 0.3 is 11.9 Å². The first kappa shape index (κ1) is 12.2. The molecule has 0 saturated heterocycles. The zero-order chi connectivity index (χ0) is 11.1. The molecule has 1 N–H and O–H groups in total. The molecule has 0 bridgehead atoms. The molecule has 0 fully saturated rings. The molecule has 0 atom stereocenters. The highest BCUT2D eigenvalue weighted by Crippen LogP contribution is 1.87. The van der Waals surface area contributed by atoms with Crippen LogP contribution in [0.25, 0.3) is 0 Å². The van der Waals surface area contributed by atoms with Gasteiger partial charge in [-0.05, 0) is 0 Å². The average molecular weight is 201 g/mol. The lowest BCUT2D eigenvalue weighted by Crippen LogP contribution is -2.30. The van der Waals surface area contributed by atoms with Gasteiger partial charge in [0.25, 0.3) is 0 Å². The Morgan fingerprint density at radius 3 is 2.36 bits per heavy atom. The second-order valence-electron chi connectivity index (χ2n) is 2.44. The Balaban J connectivity index is 4.14. The summed E-state index contributed by atoms with van der Waals surface area (Å²) >= 11 is 0. The first-order valence-corrected chi connectivity index (χ1v) is 3.70. The summed E-state index contributed by atoms with van der Waals surface area (Å²) in [6, 6.07) is 0. The summed E-state index contributed by atoms with van der Waals surface area (Å²) in [6.45, 7) is -0.412. The number of ether oxygens (including phenoxy) is 1. The van der Waals surface area contributed by atoms with E-state index in [1.165, 1.54) is 14.2 Å².